The summed E-state index contributed by atoms with van der Waals surface area (Å²) in [5.41, 5.74) is 6.93. The van der Waals surface area contributed by atoms with Crippen molar-refractivity contribution in [1.82, 2.24) is 0 Å². The SMILES string of the molecule is CC(N)(c1ccccc1)C1CCCCC1=O. The van der Waals surface area contributed by atoms with E-state index in [1.165, 1.54) is 0 Å². The summed E-state index contributed by atoms with van der Waals surface area (Å²) in [5.74, 6) is 0.323. The van der Waals surface area contributed by atoms with Crippen molar-refractivity contribution in [2.45, 2.75) is 38.1 Å². The first-order valence-corrected chi connectivity index (χ1v) is 5.99. The first-order valence-electron chi connectivity index (χ1n) is 5.99. The van der Waals surface area contributed by atoms with Crippen molar-refractivity contribution in [3.8, 4) is 0 Å². The molecule has 16 heavy (non-hydrogen) atoms. The van der Waals surface area contributed by atoms with Gasteiger partial charge in [-0.25, -0.2) is 0 Å². The average Bonchev–Trinajstić information content (AvgIpc) is 2.30. The van der Waals surface area contributed by atoms with Crippen LogP contribution in [0.2, 0.25) is 0 Å². The Morgan fingerprint density at radius 1 is 1.25 bits per heavy atom. The minimum absolute atomic E-state index is 0.0105. The molecule has 0 bridgehead atoms. The lowest BCUT2D eigenvalue weighted by atomic mass is 9.72. The number of rotatable bonds is 2. The average molecular weight is 217 g/mol. The standard InChI is InChI=1S/C14H19NO/c1-14(15,11-7-3-2-4-8-11)12-9-5-6-10-13(12)16/h2-4,7-8,12H,5-6,9-10,15H2,1H3. The highest BCUT2D eigenvalue weighted by Crippen LogP contribution is 2.35. The highest BCUT2D eigenvalue weighted by molar-refractivity contribution is 5.83. The van der Waals surface area contributed by atoms with Gasteiger partial charge in [0.05, 0.1) is 0 Å². The van der Waals surface area contributed by atoms with Gasteiger partial charge in [-0.1, -0.05) is 36.8 Å². The Balaban J connectivity index is 2.27. The lowest BCUT2D eigenvalue weighted by molar-refractivity contribution is -0.126. The second-order valence-electron chi connectivity index (χ2n) is 4.91. The predicted octanol–water partition coefficient (Wildman–Crippen LogP) is 2.62. The van der Waals surface area contributed by atoms with Crippen LogP contribution < -0.4 is 5.73 Å². The van der Waals surface area contributed by atoms with Gasteiger partial charge in [0.2, 0.25) is 0 Å². The summed E-state index contributed by atoms with van der Waals surface area (Å²) < 4.78 is 0. The van der Waals surface area contributed by atoms with Gasteiger partial charge in [0.15, 0.2) is 0 Å². The van der Waals surface area contributed by atoms with Crippen LogP contribution in [-0.4, -0.2) is 5.78 Å². The van der Waals surface area contributed by atoms with E-state index in [2.05, 4.69) is 0 Å². The number of benzene rings is 1. The summed E-state index contributed by atoms with van der Waals surface area (Å²) in [5, 5.41) is 0. The second kappa shape index (κ2) is 4.38. The third-order valence-corrected chi connectivity index (χ3v) is 3.67. The molecule has 0 spiro atoms. The number of hydrogen-bond donors (Lipinski definition) is 1. The number of ketones is 1. The molecule has 0 amide bonds. The van der Waals surface area contributed by atoms with E-state index in [0.717, 1.165) is 24.8 Å². The summed E-state index contributed by atoms with van der Waals surface area (Å²) in [6.07, 6.45) is 3.78. The molecule has 0 saturated heterocycles. The Morgan fingerprint density at radius 2 is 1.94 bits per heavy atom. The Hall–Kier alpha value is -1.15. The van der Waals surface area contributed by atoms with Gasteiger partial charge in [0, 0.05) is 17.9 Å². The van der Waals surface area contributed by atoms with Gasteiger partial charge in [-0.15, -0.1) is 0 Å². The highest BCUT2D eigenvalue weighted by Gasteiger charge is 2.37. The van der Waals surface area contributed by atoms with E-state index in [1.54, 1.807) is 0 Å². The normalized spacial score (nSPS) is 25.1. The molecule has 1 aromatic carbocycles. The monoisotopic (exact) mass is 217 g/mol. The number of carbonyl (C=O) groups excluding carboxylic acids is 1. The Bertz CT molecular complexity index is 370. The van der Waals surface area contributed by atoms with E-state index in [9.17, 15) is 4.79 Å². The molecular formula is C14H19NO. The Morgan fingerprint density at radius 3 is 2.56 bits per heavy atom. The number of carbonyl (C=O) groups is 1. The third kappa shape index (κ3) is 2.03. The minimum atomic E-state index is -0.515. The lowest BCUT2D eigenvalue weighted by Crippen LogP contribution is -2.46. The maximum absolute atomic E-state index is 11.9. The Labute approximate surface area is 96.8 Å². The van der Waals surface area contributed by atoms with Crippen molar-refractivity contribution >= 4 is 5.78 Å². The molecule has 1 aliphatic rings. The van der Waals surface area contributed by atoms with E-state index in [4.69, 9.17) is 5.73 Å². The maximum Gasteiger partial charge on any atom is 0.138 e. The van der Waals surface area contributed by atoms with Crippen LogP contribution in [-0.2, 0) is 10.3 Å². The van der Waals surface area contributed by atoms with Gasteiger partial charge in [0.1, 0.15) is 5.78 Å². The summed E-state index contributed by atoms with van der Waals surface area (Å²) in [4.78, 5) is 11.9. The van der Waals surface area contributed by atoms with Gasteiger partial charge < -0.3 is 5.73 Å². The van der Waals surface area contributed by atoms with Crippen LogP contribution in [0.4, 0.5) is 0 Å². The van der Waals surface area contributed by atoms with E-state index in [-0.39, 0.29) is 5.92 Å². The summed E-state index contributed by atoms with van der Waals surface area (Å²) in [6.45, 7) is 1.98. The molecule has 1 aliphatic carbocycles. The van der Waals surface area contributed by atoms with E-state index < -0.39 is 5.54 Å². The first kappa shape index (κ1) is 11.3. The van der Waals surface area contributed by atoms with Gasteiger partial charge >= 0.3 is 0 Å². The molecule has 86 valence electrons. The van der Waals surface area contributed by atoms with Gasteiger partial charge in [-0.2, -0.15) is 0 Å². The second-order valence-corrected chi connectivity index (χ2v) is 4.91. The molecular weight excluding hydrogens is 198 g/mol. The molecule has 1 saturated carbocycles. The van der Waals surface area contributed by atoms with E-state index >= 15 is 0 Å². The first-order chi connectivity index (χ1) is 7.62. The molecule has 1 fully saturated rings. The molecule has 0 aromatic heterocycles. The third-order valence-electron chi connectivity index (χ3n) is 3.67. The smallest absolute Gasteiger partial charge is 0.138 e. The van der Waals surface area contributed by atoms with Crippen LogP contribution in [0.5, 0.6) is 0 Å². The summed E-state index contributed by atoms with van der Waals surface area (Å²) >= 11 is 0. The fourth-order valence-electron chi connectivity index (χ4n) is 2.62. The molecule has 0 radical (unpaired) electrons. The van der Waals surface area contributed by atoms with Crippen LogP contribution in [0, 0.1) is 5.92 Å². The van der Waals surface area contributed by atoms with E-state index in [1.807, 2.05) is 37.3 Å². The van der Waals surface area contributed by atoms with Crippen molar-refractivity contribution < 1.29 is 4.79 Å². The largest absolute Gasteiger partial charge is 0.321 e. The summed E-state index contributed by atoms with van der Waals surface area (Å²) in [6, 6.07) is 9.97. The van der Waals surface area contributed by atoms with E-state index in [0.29, 0.717) is 12.2 Å². The zero-order valence-electron chi connectivity index (χ0n) is 9.78. The zero-order chi connectivity index (χ0) is 11.6. The fourth-order valence-corrected chi connectivity index (χ4v) is 2.62. The van der Waals surface area contributed by atoms with Gasteiger partial charge in [-0.3, -0.25) is 4.79 Å². The van der Waals surface area contributed by atoms with Crippen molar-refractivity contribution in [3.63, 3.8) is 0 Å². The summed E-state index contributed by atoms with van der Waals surface area (Å²) in [7, 11) is 0. The molecule has 2 heteroatoms. The maximum atomic E-state index is 11.9. The molecule has 2 N–H and O–H groups in total. The molecule has 2 unspecified atom stereocenters. The Kier molecular flexibility index (Phi) is 3.10. The van der Waals surface area contributed by atoms with Gasteiger partial charge in [-0.05, 0) is 25.3 Å². The van der Waals surface area contributed by atoms with Crippen LogP contribution in [0.15, 0.2) is 30.3 Å². The van der Waals surface area contributed by atoms with Crippen molar-refractivity contribution in [2.24, 2.45) is 11.7 Å². The van der Waals surface area contributed by atoms with Crippen LogP contribution >= 0.6 is 0 Å². The van der Waals surface area contributed by atoms with Gasteiger partial charge in [0.25, 0.3) is 0 Å². The number of Topliss-reactive ketones (excluding diaryl/α,β-unsaturated/α-hetero) is 1. The molecule has 2 atom stereocenters. The lowest BCUT2D eigenvalue weighted by Gasteiger charge is -2.36. The van der Waals surface area contributed by atoms with Crippen LogP contribution in [0.3, 0.4) is 0 Å². The quantitative estimate of drug-likeness (QED) is 0.827. The predicted molar refractivity (Wildman–Crippen MR) is 64.9 cm³/mol. The topological polar surface area (TPSA) is 43.1 Å². The number of hydrogen-bond acceptors (Lipinski definition) is 2. The van der Waals surface area contributed by atoms with Crippen molar-refractivity contribution in [2.75, 3.05) is 0 Å². The molecule has 1 aromatic rings. The minimum Gasteiger partial charge on any atom is -0.321 e. The van der Waals surface area contributed by atoms with Crippen LogP contribution in [0.25, 0.3) is 0 Å². The molecule has 0 heterocycles. The van der Waals surface area contributed by atoms with Crippen molar-refractivity contribution in [1.29, 1.82) is 0 Å². The molecule has 2 nitrogen and oxygen atoms in total. The number of nitrogens with two attached hydrogens (primary N) is 1. The molecule has 2 rings (SSSR count). The van der Waals surface area contributed by atoms with Crippen molar-refractivity contribution in [3.05, 3.63) is 35.9 Å². The highest BCUT2D eigenvalue weighted by atomic mass is 16.1. The fraction of sp³-hybridized carbons (Fsp3) is 0.500. The molecule has 0 aliphatic heterocycles. The zero-order valence-corrected chi connectivity index (χ0v) is 9.78. The van der Waals surface area contributed by atoms with Crippen LogP contribution in [0.1, 0.15) is 38.2 Å².